The summed E-state index contributed by atoms with van der Waals surface area (Å²) in [6.45, 7) is 0. The number of hydrogen-bond acceptors (Lipinski definition) is 3. The normalized spacial score (nSPS) is 28.3. The van der Waals surface area contributed by atoms with Gasteiger partial charge in [-0.3, -0.25) is 14.6 Å². The monoisotopic (exact) mass is 277 g/mol. The Balaban J connectivity index is 1.62. The van der Waals surface area contributed by atoms with Crippen LogP contribution in [0, 0.1) is 11.8 Å². The third-order valence-corrected chi connectivity index (χ3v) is 4.68. The molecule has 0 bridgehead atoms. The van der Waals surface area contributed by atoms with Crippen molar-refractivity contribution in [2.24, 2.45) is 11.8 Å². The highest BCUT2D eigenvalue weighted by Crippen LogP contribution is 2.43. The van der Waals surface area contributed by atoms with Crippen molar-refractivity contribution in [1.29, 1.82) is 0 Å². The molecule has 0 radical (unpaired) electrons. The molecule has 6 heteroatoms. The van der Waals surface area contributed by atoms with Gasteiger partial charge in [-0.05, 0) is 31.1 Å². The number of H-pyrrole nitrogens is 2. The molecule has 0 aliphatic heterocycles. The van der Waals surface area contributed by atoms with Gasteiger partial charge in [-0.15, -0.1) is 0 Å². The maximum atomic E-state index is 12.0. The van der Waals surface area contributed by atoms with Crippen LogP contribution in [0.1, 0.15) is 37.7 Å². The minimum absolute atomic E-state index is 0.0139. The van der Waals surface area contributed by atoms with E-state index >= 15 is 0 Å². The molecule has 2 fully saturated rings. The third kappa shape index (κ3) is 2.55. The van der Waals surface area contributed by atoms with Crippen LogP contribution in [0.3, 0.4) is 0 Å². The maximum Gasteiger partial charge on any atom is 0.325 e. The fourth-order valence-corrected chi connectivity index (χ4v) is 3.74. The highest BCUT2D eigenvalue weighted by atomic mass is 16.2. The number of carbonyl (C=O) groups is 1. The Hall–Kier alpha value is -1.85. The molecule has 1 heterocycles. The first-order valence-corrected chi connectivity index (χ1v) is 7.24. The number of carbonyl (C=O) groups excluding carboxylic acids is 1. The highest BCUT2D eigenvalue weighted by Gasteiger charge is 2.39. The second-order valence-corrected chi connectivity index (χ2v) is 5.88. The van der Waals surface area contributed by atoms with Crippen molar-refractivity contribution in [1.82, 2.24) is 15.3 Å². The average molecular weight is 277 g/mol. The van der Waals surface area contributed by atoms with E-state index in [4.69, 9.17) is 0 Å². The van der Waals surface area contributed by atoms with Crippen LogP contribution in [0.25, 0.3) is 0 Å². The van der Waals surface area contributed by atoms with Gasteiger partial charge in [0.2, 0.25) is 5.91 Å². The Kier molecular flexibility index (Phi) is 3.46. The molecule has 0 spiro atoms. The van der Waals surface area contributed by atoms with E-state index in [0.29, 0.717) is 11.5 Å². The van der Waals surface area contributed by atoms with Crippen molar-refractivity contribution in [3.63, 3.8) is 0 Å². The van der Waals surface area contributed by atoms with E-state index < -0.39 is 11.2 Å². The minimum atomic E-state index is -0.552. The molecule has 1 amide bonds. The van der Waals surface area contributed by atoms with E-state index in [2.05, 4.69) is 15.3 Å². The Morgan fingerprint density at radius 3 is 2.90 bits per heavy atom. The van der Waals surface area contributed by atoms with E-state index in [1.807, 2.05) is 0 Å². The summed E-state index contributed by atoms with van der Waals surface area (Å²) in [7, 11) is 0. The lowest BCUT2D eigenvalue weighted by molar-refractivity contribution is -0.121. The lowest BCUT2D eigenvalue weighted by Gasteiger charge is -2.19. The molecular formula is C14H19N3O3. The van der Waals surface area contributed by atoms with Crippen molar-refractivity contribution < 1.29 is 4.79 Å². The Morgan fingerprint density at radius 1 is 1.25 bits per heavy atom. The molecule has 3 atom stereocenters. The topological polar surface area (TPSA) is 94.8 Å². The molecule has 0 aromatic carbocycles. The summed E-state index contributed by atoms with van der Waals surface area (Å²) >= 11 is 0. The molecule has 3 N–H and O–H groups in total. The largest absolute Gasteiger partial charge is 0.353 e. The first-order chi connectivity index (χ1) is 9.63. The zero-order chi connectivity index (χ0) is 14.1. The Labute approximate surface area is 116 Å². The van der Waals surface area contributed by atoms with Crippen molar-refractivity contribution in [2.75, 3.05) is 0 Å². The van der Waals surface area contributed by atoms with Crippen LogP contribution in [0.5, 0.6) is 0 Å². The minimum Gasteiger partial charge on any atom is -0.353 e. The SMILES string of the molecule is O=C(Cc1c[nH]c(=O)[nH]c1=O)N[C@H]1CC[C@@H]2CCC[C@@H]21. The van der Waals surface area contributed by atoms with Gasteiger partial charge in [0.1, 0.15) is 0 Å². The third-order valence-electron chi connectivity index (χ3n) is 4.68. The van der Waals surface area contributed by atoms with E-state index in [9.17, 15) is 14.4 Å². The highest BCUT2D eigenvalue weighted by molar-refractivity contribution is 5.78. The van der Waals surface area contributed by atoms with Gasteiger partial charge in [0.15, 0.2) is 0 Å². The number of rotatable bonds is 3. The van der Waals surface area contributed by atoms with Crippen LogP contribution >= 0.6 is 0 Å². The predicted octanol–water partition coefficient (Wildman–Crippen LogP) is 0.301. The number of amides is 1. The van der Waals surface area contributed by atoms with Crippen molar-refractivity contribution in [2.45, 2.75) is 44.6 Å². The number of nitrogens with one attached hydrogen (secondary N) is 3. The summed E-state index contributed by atoms with van der Waals surface area (Å²) in [4.78, 5) is 39.0. The van der Waals surface area contributed by atoms with Crippen LogP contribution in [0.2, 0.25) is 0 Å². The second-order valence-electron chi connectivity index (χ2n) is 5.88. The van der Waals surface area contributed by atoms with Gasteiger partial charge in [0.05, 0.1) is 6.42 Å². The molecule has 3 rings (SSSR count). The fourth-order valence-electron chi connectivity index (χ4n) is 3.74. The van der Waals surface area contributed by atoms with Crippen LogP contribution in [-0.4, -0.2) is 21.9 Å². The molecule has 20 heavy (non-hydrogen) atoms. The quantitative estimate of drug-likeness (QED) is 0.741. The molecule has 2 aliphatic carbocycles. The average Bonchev–Trinajstić information content (AvgIpc) is 2.98. The molecule has 0 saturated heterocycles. The molecule has 1 aromatic heterocycles. The molecule has 2 aliphatic rings. The van der Waals surface area contributed by atoms with E-state index in [1.165, 1.54) is 31.9 Å². The zero-order valence-electron chi connectivity index (χ0n) is 11.3. The van der Waals surface area contributed by atoms with Crippen LogP contribution in [0.4, 0.5) is 0 Å². The van der Waals surface area contributed by atoms with Crippen LogP contribution in [0.15, 0.2) is 15.8 Å². The van der Waals surface area contributed by atoms with Gasteiger partial charge in [-0.25, -0.2) is 4.79 Å². The molecule has 2 saturated carbocycles. The number of hydrogen-bond donors (Lipinski definition) is 3. The summed E-state index contributed by atoms with van der Waals surface area (Å²) in [6.07, 6.45) is 7.33. The zero-order valence-corrected chi connectivity index (χ0v) is 11.3. The van der Waals surface area contributed by atoms with Gasteiger partial charge in [-0.1, -0.05) is 12.8 Å². The maximum absolute atomic E-state index is 12.0. The van der Waals surface area contributed by atoms with Crippen molar-refractivity contribution in [3.05, 3.63) is 32.6 Å². The van der Waals surface area contributed by atoms with E-state index in [1.54, 1.807) is 0 Å². The van der Waals surface area contributed by atoms with Gasteiger partial charge in [0, 0.05) is 17.8 Å². The smallest absolute Gasteiger partial charge is 0.325 e. The van der Waals surface area contributed by atoms with E-state index in [-0.39, 0.29) is 18.4 Å². The van der Waals surface area contributed by atoms with Gasteiger partial charge in [-0.2, -0.15) is 0 Å². The number of aromatic nitrogens is 2. The molecule has 6 nitrogen and oxygen atoms in total. The molecular weight excluding hydrogens is 258 g/mol. The van der Waals surface area contributed by atoms with Crippen molar-refractivity contribution in [3.8, 4) is 0 Å². The van der Waals surface area contributed by atoms with Gasteiger partial charge >= 0.3 is 5.69 Å². The Morgan fingerprint density at radius 2 is 2.10 bits per heavy atom. The lowest BCUT2D eigenvalue weighted by atomic mass is 9.97. The van der Waals surface area contributed by atoms with E-state index in [0.717, 1.165) is 12.3 Å². The summed E-state index contributed by atoms with van der Waals surface area (Å²) in [6, 6.07) is 0.261. The second kappa shape index (κ2) is 5.26. The van der Waals surface area contributed by atoms with Crippen LogP contribution in [-0.2, 0) is 11.2 Å². The summed E-state index contributed by atoms with van der Waals surface area (Å²) in [5.41, 5.74) is -0.749. The lowest BCUT2D eigenvalue weighted by Crippen LogP contribution is -2.39. The van der Waals surface area contributed by atoms with Crippen molar-refractivity contribution >= 4 is 5.91 Å². The summed E-state index contributed by atoms with van der Waals surface area (Å²) in [5, 5.41) is 3.06. The standard InChI is InChI=1S/C14H19N3O3/c18-12(6-9-7-15-14(20)17-13(9)19)16-11-5-4-8-2-1-3-10(8)11/h7-8,10-11H,1-6H2,(H,16,18)(H2,15,17,19,20)/t8-,10-,11-/m0/s1. The first kappa shape index (κ1) is 13.1. The van der Waals surface area contributed by atoms with Crippen LogP contribution < -0.4 is 16.6 Å². The number of fused-ring (bicyclic) bond motifs is 1. The Bertz CT molecular complexity index is 619. The molecule has 108 valence electrons. The molecule has 0 unspecified atom stereocenters. The van der Waals surface area contributed by atoms with Gasteiger partial charge < -0.3 is 10.3 Å². The molecule has 1 aromatic rings. The first-order valence-electron chi connectivity index (χ1n) is 7.24. The predicted molar refractivity (Wildman–Crippen MR) is 73.4 cm³/mol. The number of aromatic amines is 2. The summed E-state index contributed by atoms with van der Waals surface area (Å²) < 4.78 is 0. The fraction of sp³-hybridized carbons (Fsp3) is 0.643. The summed E-state index contributed by atoms with van der Waals surface area (Å²) in [5.74, 6) is 1.25. The van der Waals surface area contributed by atoms with Gasteiger partial charge in [0.25, 0.3) is 5.56 Å².